The molecule has 0 spiro atoms. The van der Waals surface area contributed by atoms with Crippen molar-refractivity contribution in [1.29, 1.82) is 0 Å². The summed E-state index contributed by atoms with van der Waals surface area (Å²) in [4.78, 5) is 11.5. The number of ketones is 1. The van der Waals surface area contributed by atoms with Crippen molar-refractivity contribution in [3.8, 4) is 0 Å². The van der Waals surface area contributed by atoms with Crippen molar-refractivity contribution in [1.82, 2.24) is 0 Å². The number of carbonyl (C=O) groups is 1. The average molecular weight is 222 g/mol. The second-order valence-electron chi connectivity index (χ2n) is 5.01. The Labute approximate surface area is 100 Å². The average Bonchev–Trinajstić information content (AvgIpc) is 2.69. The normalized spacial score (nSPS) is 23.1. The molecule has 0 aromatic rings. The van der Waals surface area contributed by atoms with Crippen molar-refractivity contribution in [3.63, 3.8) is 0 Å². The van der Waals surface area contributed by atoms with Gasteiger partial charge < -0.3 is 0 Å². The minimum absolute atomic E-state index is 0.250. The van der Waals surface area contributed by atoms with Gasteiger partial charge in [-0.15, -0.1) is 0 Å². The highest BCUT2D eigenvalue weighted by Gasteiger charge is 2.21. The predicted octanol–water partition coefficient (Wildman–Crippen LogP) is 4.52. The van der Waals surface area contributed by atoms with Crippen LogP contribution in [-0.4, -0.2) is 5.78 Å². The summed E-state index contributed by atoms with van der Waals surface area (Å²) >= 11 is 0. The largest absolute Gasteiger partial charge is 0.299 e. The second kappa shape index (κ2) is 7.65. The summed E-state index contributed by atoms with van der Waals surface area (Å²) in [6.45, 7) is 4.49. The third kappa shape index (κ3) is 4.51. The summed E-state index contributed by atoms with van der Waals surface area (Å²) in [5.74, 6) is 1.40. The van der Waals surface area contributed by atoms with Crippen LogP contribution in [0.3, 0.4) is 0 Å². The quantitative estimate of drug-likeness (QED) is 0.457. The molecular formula is C15H26O. The zero-order valence-corrected chi connectivity index (χ0v) is 10.9. The Morgan fingerprint density at radius 1 is 1.38 bits per heavy atom. The zero-order valence-electron chi connectivity index (χ0n) is 10.9. The molecule has 92 valence electrons. The number of hydrogen-bond donors (Lipinski definition) is 0. The van der Waals surface area contributed by atoms with E-state index in [0.29, 0.717) is 11.7 Å². The monoisotopic (exact) mass is 222 g/mol. The lowest BCUT2D eigenvalue weighted by atomic mass is 9.95. The van der Waals surface area contributed by atoms with Crippen LogP contribution in [0.1, 0.15) is 65.2 Å². The van der Waals surface area contributed by atoms with E-state index < -0.39 is 0 Å². The van der Waals surface area contributed by atoms with Gasteiger partial charge >= 0.3 is 0 Å². The van der Waals surface area contributed by atoms with Gasteiger partial charge in [0.25, 0.3) is 0 Å². The van der Waals surface area contributed by atoms with E-state index in [1.165, 1.54) is 32.1 Å². The van der Waals surface area contributed by atoms with E-state index >= 15 is 0 Å². The van der Waals surface area contributed by atoms with Crippen molar-refractivity contribution >= 4 is 5.78 Å². The first-order valence-electron chi connectivity index (χ1n) is 6.99. The molecule has 1 aliphatic rings. The van der Waals surface area contributed by atoms with Crippen LogP contribution in [0, 0.1) is 11.8 Å². The first kappa shape index (κ1) is 13.5. The summed E-state index contributed by atoms with van der Waals surface area (Å²) in [6.07, 6.45) is 14.0. The molecule has 0 amide bonds. The molecule has 0 N–H and O–H groups in total. The fourth-order valence-electron chi connectivity index (χ4n) is 2.43. The van der Waals surface area contributed by atoms with Gasteiger partial charge in [-0.25, -0.2) is 0 Å². The van der Waals surface area contributed by atoms with Crippen LogP contribution in [0.4, 0.5) is 0 Å². The van der Waals surface area contributed by atoms with E-state index in [0.717, 1.165) is 19.3 Å². The molecule has 0 radical (unpaired) electrons. The molecule has 1 heteroatoms. The molecule has 0 saturated heterocycles. The highest BCUT2D eigenvalue weighted by atomic mass is 16.1. The minimum atomic E-state index is 0.250. The van der Waals surface area contributed by atoms with Crippen molar-refractivity contribution in [2.24, 2.45) is 11.8 Å². The molecule has 0 aromatic heterocycles. The molecule has 1 fully saturated rings. The number of Topliss-reactive ketones (excluding diaryl/α,β-unsaturated/α-hetero) is 1. The van der Waals surface area contributed by atoms with Crippen LogP contribution in [0.2, 0.25) is 0 Å². The standard InChI is InChI=1S/C15H26O/c1-3-5-6-8-13(4-2)11-12-14-9-7-10-15(14)16/h11-14H,3-10H2,1-2H3/b12-11+/t13-,14+/m1/s1. The van der Waals surface area contributed by atoms with E-state index in [1.54, 1.807) is 0 Å². The molecule has 0 aromatic carbocycles. The van der Waals surface area contributed by atoms with Crippen LogP contribution in [-0.2, 0) is 4.79 Å². The van der Waals surface area contributed by atoms with Gasteiger partial charge in [-0.3, -0.25) is 4.79 Å². The van der Waals surface area contributed by atoms with Crippen LogP contribution in [0.25, 0.3) is 0 Å². The van der Waals surface area contributed by atoms with Crippen molar-refractivity contribution in [2.75, 3.05) is 0 Å². The Balaban J connectivity index is 2.30. The Kier molecular flexibility index (Phi) is 6.44. The van der Waals surface area contributed by atoms with Gasteiger partial charge in [0.05, 0.1) is 0 Å². The number of rotatable bonds is 7. The van der Waals surface area contributed by atoms with E-state index in [1.807, 2.05) is 0 Å². The third-order valence-electron chi connectivity index (χ3n) is 3.67. The van der Waals surface area contributed by atoms with Crippen LogP contribution >= 0.6 is 0 Å². The fourth-order valence-corrected chi connectivity index (χ4v) is 2.43. The maximum atomic E-state index is 11.5. The number of unbranched alkanes of at least 4 members (excludes halogenated alkanes) is 2. The van der Waals surface area contributed by atoms with Crippen LogP contribution < -0.4 is 0 Å². The van der Waals surface area contributed by atoms with Crippen molar-refractivity contribution < 1.29 is 4.79 Å². The molecule has 16 heavy (non-hydrogen) atoms. The first-order chi connectivity index (χ1) is 7.77. The summed E-state index contributed by atoms with van der Waals surface area (Å²) in [6, 6.07) is 0. The summed E-state index contributed by atoms with van der Waals surface area (Å²) in [7, 11) is 0. The van der Waals surface area contributed by atoms with E-state index in [-0.39, 0.29) is 5.92 Å². The van der Waals surface area contributed by atoms with Gasteiger partial charge in [0.15, 0.2) is 0 Å². The van der Waals surface area contributed by atoms with E-state index in [2.05, 4.69) is 26.0 Å². The zero-order chi connectivity index (χ0) is 11.8. The predicted molar refractivity (Wildman–Crippen MR) is 69.4 cm³/mol. The van der Waals surface area contributed by atoms with Gasteiger partial charge in [-0.2, -0.15) is 0 Å². The maximum Gasteiger partial charge on any atom is 0.139 e. The Bertz CT molecular complexity index is 230. The second-order valence-corrected chi connectivity index (χ2v) is 5.01. The van der Waals surface area contributed by atoms with Crippen molar-refractivity contribution in [3.05, 3.63) is 12.2 Å². The topological polar surface area (TPSA) is 17.1 Å². The molecule has 0 unspecified atom stereocenters. The molecule has 1 aliphatic carbocycles. The third-order valence-corrected chi connectivity index (χ3v) is 3.67. The lowest BCUT2D eigenvalue weighted by molar-refractivity contribution is -0.119. The molecule has 1 nitrogen and oxygen atoms in total. The smallest absolute Gasteiger partial charge is 0.139 e. The van der Waals surface area contributed by atoms with Gasteiger partial charge in [-0.1, -0.05) is 45.3 Å². The molecule has 1 rings (SSSR count). The van der Waals surface area contributed by atoms with Gasteiger partial charge in [0, 0.05) is 12.3 Å². The lowest BCUT2D eigenvalue weighted by Gasteiger charge is -2.10. The lowest BCUT2D eigenvalue weighted by Crippen LogP contribution is -2.03. The maximum absolute atomic E-state index is 11.5. The Morgan fingerprint density at radius 3 is 2.75 bits per heavy atom. The fraction of sp³-hybridized carbons (Fsp3) is 0.800. The number of hydrogen-bond acceptors (Lipinski definition) is 1. The summed E-state index contributed by atoms with van der Waals surface area (Å²) < 4.78 is 0. The molecule has 0 aliphatic heterocycles. The Morgan fingerprint density at radius 2 is 2.19 bits per heavy atom. The molecule has 0 heterocycles. The van der Waals surface area contributed by atoms with Crippen LogP contribution in [0.15, 0.2) is 12.2 Å². The minimum Gasteiger partial charge on any atom is -0.299 e. The molecular weight excluding hydrogens is 196 g/mol. The van der Waals surface area contributed by atoms with E-state index in [4.69, 9.17) is 0 Å². The summed E-state index contributed by atoms with van der Waals surface area (Å²) in [5.41, 5.74) is 0. The van der Waals surface area contributed by atoms with Gasteiger partial charge in [0.1, 0.15) is 5.78 Å². The Hall–Kier alpha value is -0.590. The number of carbonyl (C=O) groups excluding carboxylic acids is 1. The molecule has 2 atom stereocenters. The van der Waals surface area contributed by atoms with Gasteiger partial charge in [-0.05, 0) is 31.6 Å². The first-order valence-corrected chi connectivity index (χ1v) is 6.99. The molecule has 0 bridgehead atoms. The molecule has 1 saturated carbocycles. The van der Waals surface area contributed by atoms with Crippen molar-refractivity contribution in [2.45, 2.75) is 65.2 Å². The highest BCUT2D eigenvalue weighted by Crippen LogP contribution is 2.24. The van der Waals surface area contributed by atoms with E-state index in [9.17, 15) is 4.79 Å². The van der Waals surface area contributed by atoms with Gasteiger partial charge in [0.2, 0.25) is 0 Å². The van der Waals surface area contributed by atoms with Crippen LogP contribution in [0.5, 0.6) is 0 Å². The number of allylic oxidation sites excluding steroid dienone is 2. The highest BCUT2D eigenvalue weighted by molar-refractivity contribution is 5.84. The SMILES string of the molecule is CCCCC[C@H](/C=C/[C@@H]1CCCC1=O)CC. The summed E-state index contributed by atoms with van der Waals surface area (Å²) in [5, 5.41) is 0.